The zero-order valence-electron chi connectivity index (χ0n) is 19.2. The van der Waals surface area contributed by atoms with Crippen LogP contribution in [-0.4, -0.2) is 28.1 Å². The molecule has 9 atom stereocenters. The van der Waals surface area contributed by atoms with Crippen molar-refractivity contribution in [3.05, 3.63) is 11.6 Å². The number of rotatable bonds is 4. The van der Waals surface area contributed by atoms with Crippen molar-refractivity contribution in [2.24, 2.45) is 46.3 Å². The smallest absolute Gasteiger partial charge is 0.303 e. The fourth-order valence-corrected chi connectivity index (χ4v) is 8.72. The van der Waals surface area contributed by atoms with Crippen molar-refractivity contribution in [3.8, 4) is 0 Å². The molecule has 4 heteroatoms. The lowest BCUT2D eigenvalue weighted by molar-refractivity contribution is -0.150. The van der Waals surface area contributed by atoms with E-state index in [2.05, 4.69) is 20.8 Å². The molecule has 2 N–H and O–H groups in total. The van der Waals surface area contributed by atoms with Gasteiger partial charge >= 0.3 is 5.97 Å². The average molecular weight is 417 g/mol. The molecule has 4 rings (SSSR count). The molecule has 0 spiro atoms. The third kappa shape index (κ3) is 3.20. The average Bonchev–Trinajstić information content (AvgIpc) is 3.05. The van der Waals surface area contributed by atoms with Gasteiger partial charge in [-0.1, -0.05) is 26.8 Å². The largest absolute Gasteiger partial charge is 0.481 e. The number of carbonyl (C=O) groups is 2. The Kier molecular flexibility index (Phi) is 5.70. The maximum Gasteiger partial charge on any atom is 0.303 e. The minimum absolute atomic E-state index is 0.114. The molecule has 0 amide bonds. The Bertz CT molecular complexity index is 741. The van der Waals surface area contributed by atoms with Crippen molar-refractivity contribution >= 4 is 11.8 Å². The van der Waals surface area contributed by atoms with E-state index < -0.39 is 5.97 Å². The van der Waals surface area contributed by atoms with Crippen LogP contribution in [0.4, 0.5) is 0 Å². The summed E-state index contributed by atoms with van der Waals surface area (Å²) in [4.78, 5) is 24.9. The molecule has 4 fully saturated rings. The number of aliphatic carboxylic acids is 1. The van der Waals surface area contributed by atoms with Crippen LogP contribution in [0, 0.1) is 46.3 Å². The molecule has 4 saturated carbocycles. The van der Waals surface area contributed by atoms with E-state index >= 15 is 0 Å². The highest BCUT2D eigenvalue weighted by molar-refractivity contribution is 5.99. The van der Waals surface area contributed by atoms with Crippen LogP contribution in [0.2, 0.25) is 0 Å². The van der Waals surface area contributed by atoms with E-state index in [0.29, 0.717) is 29.5 Å². The highest BCUT2D eigenvalue weighted by Crippen LogP contribution is 2.68. The number of aliphatic hydroxyl groups is 1. The lowest BCUT2D eigenvalue weighted by atomic mass is 9.43. The van der Waals surface area contributed by atoms with Crippen LogP contribution in [0.5, 0.6) is 0 Å². The molecule has 0 bridgehead atoms. The Morgan fingerprint density at radius 1 is 1.13 bits per heavy atom. The number of allylic oxidation sites excluding steroid dienone is 2. The molecule has 0 aromatic heterocycles. The molecular weight excluding hydrogens is 376 g/mol. The Hall–Kier alpha value is -1.16. The van der Waals surface area contributed by atoms with Gasteiger partial charge in [-0.05, 0) is 104 Å². The normalized spacial score (nSPS) is 48.0. The molecule has 168 valence electrons. The van der Waals surface area contributed by atoms with Crippen LogP contribution in [0.3, 0.4) is 0 Å². The number of carboxylic acid groups (broad SMARTS) is 1. The molecule has 0 aromatic carbocycles. The van der Waals surface area contributed by atoms with Gasteiger partial charge in [-0.25, -0.2) is 0 Å². The van der Waals surface area contributed by atoms with Crippen LogP contribution in [0.15, 0.2) is 11.6 Å². The van der Waals surface area contributed by atoms with E-state index in [-0.39, 0.29) is 35.2 Å². The Balaban J connectivity index is 1.64. The summed E-state index contributed by atoms with van der Waals surface area (Å²) in [5.41, 5.74) is 1.25. The van der Waals surface area contributed by atoms with Gasteiger partial charge in [0.05, 0.1) is 6.10 Å². The Morgan fingerprint density at radius 2 is 1.80 bits per heavy atom. The minimum Gasteiger partial charge on any atom is -0.481 e. The second-order valence-electron chi connectivity index (χ2n) is 11.5. The fourth-order valence-electron chi connectivity index (χ4n) is 8.72. The highest BCUT2D eigenvalue weighted by Gasteiger charge is 2.64. The maximum absolute atomic E-state index is 13.8. The van der Waals surface area contributed by atoms with Gasteiger partial charge in [0.1, 0.15) is 0 Å². The number of aliphatic hydroxyl groups excluding tert-OH is 1. The van der Waals surface area contributed by atoms with E-state index in [9.17, 15) is 14.7 Å². The first-order valence-corrected chi connectivity index (χ1v) is 12.2. The first kappa shape index (κ1) is 22.0. The summed E-state index contributed by atoms with van der Waals surface area (Å²) in [6.07, 6.45) is 9.86. The minimum atomic E-state index is -0.705. The Labute approximate surface area is 181 Å². The molecule has 0 saturated heterocycles. The quantitative estimate of drug-likeness (QED) is 0.614. The van der Waals surface area contributed by atoms with Crippen molar-refractivity contribution in [3.63, 3.8) is 0 Å². The van der Waals surface area contributed by atoms with Crippen LogP contribution < -0.4 is 0 Å². The van der Waals surface area contributed by atoms with Crippen LogP contribution in [-0.2, 0) is 9.59 Å². The SMILES string of the molecule is C/C=C1\C(=O)[C@H]2C3CCC([C@@H](C)CCC(=O)O)[C@@]3(C)CCC2[C@@]2(C)CC[C@@H](O)C[C@@H]12. The highest BCUT2D eigenvalue weighted by atomic mass is 16.4. The van der Waals surface area contributed by atoms with Crippen molar-refractivity contribution in [2.45, 2.75) is 91.6 Å². The molecule has 0 aromatic rings. The molecule has 0 radical (unpaired) electrons. The lowest BCUT2D eigenvalue weighted by Crippen LogP contribution is -2.58. The number of Topliss-reactive ketones (excluding diaryl/α,β-unsaturated/α-hetero) is 1. The summed E-state index contributed by atoms with van der Waals surface area (Å²) in [6.45, 7) is 9.04. The van der Waals surface area contributed by atoms with Crippen LogP contribution in [0.25, 0.3) is 0 Å². The van der Waals surface area contributed by atoms with Gasteiger partial charge in [-0.3, -0.25) is 9.59 Å². The topological polar surface area (TPSA) is 74.6 Å². The number of hydrogen-bond donors (Lipinski definition) is 2. The molecule has 4 aliphatic carbocycles. The molecule has 4 nitrogen and oxygen atoms in total. The van der Waals surface area contributed by atoms with Crippen LogP contribution >= 0.6 is 0 Å². The number of ketones is 1. The van der Waals surface area contributed by atoms with Crippen LogP contribution in [0.1, 0.15) is 85.5 Å². The molecule has 0 heterocycles. The first-order valence-electron chi connectivity index (χ1n) is 12.2. The van der Waals surface area contributed by atoms with Crippen molar-refractivity contribution < 1.29 is 19.8 Å². The van der Waals surface area contributed by atoms with Gasteiger partial charge in [0.2, 0.25) is 0 Å². The zero-order valence-corrected chi connectivity index (χ0v) is 19.2. The number of fused-ring (bicyclic) bond motifs is 5. The van der Waals surface area contributed by atoms with E-state index in [4.69, 9.17) is 5.11 Å². The van der Waals surface area contributed by atoms with Gasteiger partial charge in [0, 0.05) is 12.3 Å². The monoisotopic (exact) mass is 416 g/mol. The third-order valence-electron chi connectivity index (χ3n) is 10.3. The van der Waals surface area contributed by atoms with E-state index in [0.717, 1.165) is 56.9 Å². The Morgan fingerprint density at radius 3 is 2.47 bits per heavy atom. The summed E-state index contributed by atoms with van der Waals surface area (Å²) in [5.74, 6) is 1.74. The predicted molar refractivity (Wildman–Crippen MR) is 117 cm³/mol. The molecule has 4 aliphatic rings. The first-order chi connectivity index (χ1) is 14.1. The number of hydrogen-bond acceptors (Lipinski definition) is 3. The summed E-state index contributed by atoms with van der Waals surface area (Å²) < 4.78 is 0. The third-order valence-corrected chi connectivity index (χ3v) is 10.3. The zero-order chi connectivity index (χ0) is 21.8. The molecular formula is C26H40O4. The van der Waals surface area contributed by atoms with Gasteiger partial charge < -0.3 is 10.2 Å². The van der Waals surface area contributed by atoms with E-state index in [1.165, 1.54) is 0 Å². The standard InChI is InChI=1S/C26H40O4/c1-5-17-21-14-16(27)10-12-26(21,4)20-11-13-25(3)18(15(2)6-9-22(28)29)7-8-19(25)23(20)24(17)30/h5,15-16,18-21,23,27H,6-14H2,1-4H3,(H,28,29)/b17-5-/t15-,16+,18?,19?,20?,21-,23-,25+,26+/m0/s1. The summed E-state index contributed by atoms with van der Waals surface area (Å²) >= 11 is 0. The maximum atomic E-state index is 13.8. The van der Waals surface area contributed by atoms with E-state index in [1.54, 1.807) is 0 Å². The fraction of sp³-hybridized carbons (Fsp3) is 0.846. The van der Waals surface area contributed by atoms with Crippen molar-refractivity contribution in [2.75, 3.05) is 0 Å². The van der Waals surface area contributed by atoms with Gasteiger partial charge in [-0.15, -0.1) is 0 Å². The summed E-state index contributed by atoms with van der Waals surface area (Å²) in [7, 11) is 0. The van der Waals surface area contributed by atoms with Gasteiger partial charge in [0.15, 0.2) is 5.78 Å². The summed E-state index contributed by atoms with van der Waals surface area (Å²) in [6, 6.07) is 0. The van der Waals surface area contributed by atoms with E-state index in [1.807, 2.05) is 13.0 Å². The summed E-state index contributed by atoms with van der Waals surface area (Å²) in [5, 5.41) is 19.5. The lowest BCUT2D eigenvalue weighted by Gasteiger charge is -2.61. The van der Waals surface area contributed by atoms with Gasteiger partial charge in [-0.2, -0.15) is 0 Å². The second-order valence-corrected chi connectivity index (χ2v) is 11.5. The van der Waals surface area contributed by atoms with Crippen molar-refractivity contribution in [1.29, 1.82) is 0 Å². The molecule has 30 heavy (non-hydrogen) atoms. The molecule has 3 unspecified atom stereocenters. The number of carboxylic acids is 1. The number of carbonyl (C=O) groups excluding carboxylic acids is 1. The van der Waals surface area contributed by atoms with Crippen molar-refractivity contribution in [1.82, 2.24) is 0 Å². The predicted octanol–water partition coefficient (Wildman–Crippen LogP) is 5.24. The van der Waals surface area contributed by atoms with Gasteiger partial charge in [0.25, 0.3) is 0 Å². The molecule has 0 aliphatic heterocycles. The second kappa shape index (κ2) is 7.76.